The maximum Gasteiger partial charge on any atom is 0.390 e. The lowest BCUT2D eigenvalue weighted by atomic mass is 10.2. The Kier molecular flexibility index (Phi) is 4.55. The molecule has 0 saturated heterocycles. The minimum Gasteiger partial charge on any atom is -0.352 e. The van der Waals surface area contributed by atoms with Gasteiger partial charge in [-0.1, -0.05) is 12.8 Å². The zero-order chi connectivity index (χ0) is 17.3. The molecule has 24 heavy (non-hydrogen) atoms. The normalized spacial score (nSPS) is 16.4. The van der Waals surface area contributed by atoms with Gasteiger partial charge in [-0.2, -0.15) is 17.7 Å². The lowest BCUT2D eigenvalue weighted by molar-refractivity contribution is -0.132. The Morgan fingerprint density at radius 3 is 2.50 bits per heavy atom. The molecule has 5 nitrogen and oxygen atoms in total. The van der Waals surface area contributed by atoms with Crippen molar-refractivity contribution in [1.29, 1.82) is 0 Å². The van der Waals surface area contributed by atoms with Crippen LogP contribution in [0.3, 0.4) is 0 Å². The van der Waals surface area contributed by atoms with Crippen LogP contribution < -0.4 is 4.90 Å². The van der Waals surface area contributed by atoms with Gasteiger partial charge in [0.15, 0.2) is 5.65 Å². The summed E-state index contributed by atoms with van der Waals surface area (Å²) in [5.74, 6) is -0.380. The summed E-state index contributed by atoms with van der Waals surface area (Å²) in [6, 6.07) is 2.88. The molecule has 0 aliphatic heterocycles. The number of hydrogen-bond acceptors (Lipinski definition) is 4. The summed E-state index contributed by atoms with van der Waals surface area (Å²) in [4.78, 5) is 1.56. The molecule has 1 fully saturated rings. The molecule has 0 unspecified atom stereocenters. The molecule has 0 amide bonds. The SMILES string of the molecule is FC(F)c1nnc2ccc(N(CCC(F)(F)F)C3CCCC3)nn12. The fourth-order valence-electron chi connectivity index (χ4n) is 3.03. The molecule has 0 aromatic carbocycles. The van der Waals surface area contributed by atoms with Gasteiger partial charge in [0.2, 0.25) is 5.82 Å². The molecule has 1 aliphatic carbocycles. The van der Waals surface area contributed by atoms with E-state index in [0.29, 0.717) is 0 Å². The minimum absolute atomic E-state index is 0.0659. The van der Waals surface area contributed by atoms with E-state index in [9.17, 15) is 22.0 Å². The van der Waals surface area contributed by atoms with Gasteiger partial charge < -0.3 is 4.90 Å². The van der Waals surface area contributed by atoms with Crippen molar-refractivity contribution in [1.82, 2.24) is 19.8 Å². The monoisotopic (exact) mass is 349 g/mol. The van der Waals surface area contributed by atoms with Crippen molar-refractivity contribution in [2.75, 3.05) is 11.4 Å². The molecular weight excluding hydrogens is 333 g/mol. The molecule has 0 N–H and O–H groups in total. The molecule has 1 aliphatic rings. The number of fused-ring (bicyclic) bond motifs is 1. The van der Waals surface area contributed by atoms with Gasteiger partial charge in [0.1, 0.15) is 5.82 Å². The van der Waals surface area contributed by atoms with E-state index in [1.165, 1.54) is 12.1 Å². The van der Waals surface area contributed by atoms with Gasteiger partial charge in [0, 0.05) is 12.6 Å². The average molecular weight is 349 g/mol. The molecule has 0 spiro atoms. The highest BCUT2D eigenvalue weighted by Crippen LogP contribution is 2.30. The largest absolute Gasteiger partial charge is 0.390 e. The minimum atomic E-state index is -4.29. The molecule has 3 rings (SSSR count). The highest BCUT2D eigenvalue weighted by atomic mass is 19.4. The number of alkyl halides is 5. The van der Waals surface area contributed by atoms with E-state index >= 15 is 0 Å². The Labute approximate surface area is 134 Å². The Morgan fingerprint density at radius 2 is 1.88 bits per heavy atom. The summed E-state index contributed by atoms with van der Waals surface area (Å²) in [6.07, 6.45) is -4.73. The molecule has 0 bridgehead atoms. The van der Waals surface area contributed by atoms with Crippen molar-refractivity contribution in [3.8, 4) is 0 Å². The van der Waals surface area contributed by atoms with Crippen LogP contribution in [0, 0.1) is 0 Å². The number of aromatic nitrogens is 4. The van der Waals surface area contributed by atoms with Crippen LogP contribution in [-0.4, -0.2) is 38.6 Å². The van der Waals surface area contributed by atoms with E-state index in [1.54, 1.807) is 4.90 Å². The number of anilines is 1. The van der Waals surface area contributed by atoms with E-state index in [0.717, 1.165) is 30.2 Å². The first-order valence-corrected chi connectivity index (χ1v) is 7.69. The summed E-state index contributed by atoms with van der Waals surface area (Å²) in [6.45, 7) is -0.251. The quantitative estimate of drug-likeness (QED) is 0.771. The molecule has 0 radical (unpaired) electrons. The second-order valence-electron chi connectivity index (χ2n) is 5.82. The second kappa shape index (κ2) is 6.48. The summed E-state index contributed by atoms with van der Waals surface area (Å²) in [5, 5.41) is 11.0. The summed E-state index contributed by atoms with van der Waals surface area (Å²) < 4.78 is 64.6. The topological polar surface area (TPSA) is 46.3 Å². The van der Waals surface area contributed by atoms with Gasteiger partial charge in [-0.25, -0.2) is 8.78 Å². The van der Waals surface area contributed by atoms with Crippen LogP contribution in [0.4, 0.5) is 27.8 Å². The first-order chi connectivity index (χ1) is 11.3. The Morgan fingerprint density at radius 1 is 1.17 bits per heavy atom. The second-order valence-corrected chi connectivity index (χ2v) is 5.82. The Balaban J connectivity index is 1.93. The fraction of sp³-hybridized carbons (Fsp3) is 0.643. The fourth-order valence-corrected chi connectivity index (χ4v) is 3.03. The van der Waals surface area contributed by atoms with E-state index < -0.39 is 24.8 Å². The maximum atomic E-state index is 12.9. The molecule has 132 valence electrons. The van der Waals surface area contributed by atoms with E-state index in [1.807, 2.05) is 0 Å². The number of nitrogens with zero attached hydrogens (tertiary/aromatic N) is 5. The van der Waals surface area contributed by atoms with Crippen molar-refractivity contribution < 1.29 is 22.0 Å². The highest BCUT2D eigenvalue weighted by Gasteiger charge is 2.31. The van der Waals surface area contributed by atoms with Gasteiger partial charge >= 0.3 is 6.18 Å². The molecule has 0 atom stereocenters. The van der Waals surface area contributed by atoms with E-state index in [4.69, 9.17) is 0 Å². The van der Waals surface area contributed by atoms with Crippen molar-refractivity contribution in [2.45, 2.75) is 50.7 Å². The lowest BCUT2D eigenvalue weighted by Gasteiger charge is -2.30. The third-order valence-corrected chi connectivity index (χ3v) is 4.16. The molecule has 1 saturated carbocycles. The van der Waals surface area contributed by atoms with Crippen LogP contribution in [0.2, 0.25) is 0 Å². The van der Waals surface area contributed by atoms with Gasteiger partial charge in [-0.3, -0.25) is 0 Å². The average Bonchev–Trinajstić information content (AvgIpc) is 3.14. The standard InChI is InChI=1S/C14H16F5N5/c15-12(16)13-21-20-10-5-6-11(22-24(10)13)23(8-7-14(17,18)19)9-3-1-2-4-9/h5-6,9,12H,1-4,7-8H2. The number of hydrogen-bond donors (Lipinski definition) is 0. The molecule has 10 heteroatoms. The van der Waals surface area contributed by atoms with Crippen LogP contribution in [0.1, 0.15) is 44.4 Å². The zero-order valence-corrected chi connectivity index (χ0v) is 12.7. The van der Waals surface area contributed by atoms with Gasteiger partial charge in [-0.05, 0) is 25.0 Å². The molecule has 2 aromatic heterocycles. The number of halogens is 5. The van der Waals surface area contributed by atoms with E-state index in [-0.39, 0.29) is 24.1 Å². The van der Waals surface area contributed by atoms with Crippen LogP contribution in [0.25, 0.3) is 5.65 Å². The van der Waals surface area contributed by atoms with Crippen LogP contribution in [0.5, 0.6) is 0 Å². The van der Waals surface area contributed by atoms with Crippen molar-refractivity contribution >= 4 is 11.5 Å². The summed E-state index contributed by atoms with van der Waals surface area (Å²) >= 11 is 0. The predicted octanol–water partition coefficient (Wildman–Crippen LogP) is 3.76. The van der Waals surface area contributed by atoms with Crippen LogP contribution in [0.15, 0.2) is 12.1 Å². The van der Waals surface area contributed by atoms with Crippen molar-refractivity contribution in [2.24, 2.45) is 0 Å². The van der Waals surface area contributed by atoms with Crippen LogP contribution in [-0.2, 0) is 0 Å². The van der Waals surface area contributed by atoms with E-state index in [2.05, 4.69) is 15.3 Å². The smallest absolute Gasteiger partial charge is 0.352 e. The van der Waals surface area contributed by atoms with Gasteiger partial charge in [-0.15, -0.1) is 15.3 Å². The molecule has 2 aromatic rings. The lowest BCUT2D eigenvalue weighted by Crippen LogP contribution is -2.37. The first-order valence-electron chi connectivity index (χ1n) is 7.69. The zero-order valence-electron chi connectivity index (χ0n) is 12.7. The third kappa shape index (κ3) is 3.57. The van der Waals surface area contributed by atoms with Crippen LogP contribution >= 0.6 is 0 Å². The Bertz CT molecular complexity index is 692. The Hall–Kier alpha value is -2.00. The molecular formula is C14H16F5N5. The summed E-state index contributed by atoms with van der Waals surface area (Å²) in [5.41, 5.74) is 0.135. The van der Waals surface area contributed by atoms with Crippen molar-refractivity contribution in [3.05, 3.63) is 18.0 Å². The predicted molar refractivity (Wildman–Crippen MR) is 76.0 cm³/mol. The third-order valence-electron chi connectivity index (χ3n) is 4.16. The highest BCUT2D eigenvalue weighted by molar-refractivity contribution is 5.46. The van der Waals surface area contributed by atoms with Crippen molar-refractivity contribution in [3.63, 3.8) is 0 Å². The first kappa shape index (κ1) is 16.8. The molecule has 2 heterocycles. The van der Waals surface area contributed by atoms with Gasteiger partial charge in [0.25, 0.3) is 6.43 Å². The van der Waals surface area contributed by atoms with Gasteiger partial charge in [0.05, 0.1) is 6.42 Å². The number of rotatable bonds is 5. The maximum absolute atomic E-state index is 12.9. The summed E-state index contributed by atoms with van der Waals surface area (Å²) in [7, 11) is 0.